The summed E-state index contributed by atoms with van der Waals surface area (Å²) in [4.78, 5) is 27.5. The van der Waals surface area contributed by atoms with E-state index < -0.39 is 6.04 Å². The Hall–Kier alpha value is -2.73. The fraction of sp³-hybridized carbons (Fsp3) is 0.200. The first kappa shape index (κ1) is 24.9. The minimum absolute atomic E-state index is 0.220. The van der Waals surface area contributed by atoms with E-state index >= 15 is 0 Å². The zero-order valence-corrected chi connectivity index (χ0v) is 20.2. The Morgan fingerprint density at radius 3 is 2.06 bits per heavy atom. The van der Waals surface area contributed by atoms with Crippen LogP contribution >= 0.6 is 34.8 Å². The van der Waals surface area contributed by atoms with Crippen molar-refractivity contribution in [2.24, 2.45) is 0 Å². The summed E-state index contributed by atoms with van der Waals surface area (Å²) in [5, 5.41) is 4.49. The molecule has 3 aromatic carbocycles. The van der Waals surface area contributed by atoms with Gasteiger partial charge in [0.05, 0.1) is 5.02 Å². The van der Waals surface area contributed by atoms with Gasteiger partial charge in [0.2, 0.25) is 5.91 Å². The van der Waals surface area contributed by atoms with Crippen LogP contribution < -0.4 is 10.1 Å². The summed E-state index contributed by atoms with van der Waals surface area (Å²) in [5.41, 5.74) is 1.74. The van der Waals surface area contributed by atoms with Gasteiger partial charge in [0.1, 0.15) is 11.8 Å². The summed E-state index contributed by atoms with van der Waals surface area (Å²) in [6.45, 7) is 1.96. The summed E-state index contributed by atoms with van der Waals surface area (Å²) in [5.74, 6) is -0.233. The van der Waals surface area contributed by atoms with Gasteiger partial charge in [-0.1, -0.05) is 71.2 Å². The maximum atomic E-state index is 13.1. The first-order valence-corrected chi connectivity index (χ1v) is 11.4. The number of hydrogen-bond donors (Lipinski definition) is 1. The summed E-state index contributed by atoms with van der Waals surface area (Å²) >= 11 is 18.0. The third-order valence-corrected chi connectivity index (χ3v) is 5.82. The molecular weight excluding hydrogens is 483 g/mol. The fourth-order valence-corrected chi connectivity index (χ4v) is 3.53. The molecule has 0 aliphatic rings. The molecule has 0 spiro atoms. The zero-order valence-electron chi connectivity index (χ0n) is 17.9. The second kappa shape index (κ2) is 11.9. The number of nitrogens with one attached hydrogen (secondary N) is 1. The molecular formula is C25H23Cl3N2O3. The van der Waals surface area contributed by atoms with Crippen LogP contribution in [0.25, 0.3) is 0 Å². The van der Waals surface area contributed by atoms with Crippen LogP contribution in [-0.2, 0) is 22.7 Å². The van der Waals surface area contributed by atoms with E-state index in [1.54, 1.807) is 55.5 Å². The van der Waals surface area contributed by atoms with E-state index in [1.807, 2.05) is 24.3 Å². The Morgan fingerprint density at radius 1 is 0.879 bits per heavy atom. The standard InChI is InChI=1S/C25H23Cl3N2O3/c1-17(25(32)29-14-18-6-10-20(26)11-7-18)30(15-19-8-12-21(27)13-9-19)24(31)16-33-23-5-3-2-4-22(23)28/h2-13,17H,14-16H2,1H3,(H,29,32). The highest BCUT2D eigenvalue weighted by Gasteiger charge is 2.26. The van der Waals surface area contributed by atoms with Crippen LogP contribution in [0.2, 0.25) is 15.1 Å². The molecule has 1 atom stereocenters. The minimum atomic E-state index is -0.740. The molecule has 3 rings (SSSR count). The van der Waals surface area contributed by atoms with E-state index in [-0.39, 0.29) is 25.0 Å². The Kier molecular flexibility index (Phi) is 9.01. The highest BCUT2D eigenvalue weighted by Crippen LogP contribution is 2.23. The van der Waals surface area contributed by atoms with Gasteiger partial charge >= 0.3 is 0 Å². The lowest BCUT2D eigenvalue weighted by atomic mass is 10.1. The van der Waals surface area contributed by atoms with Crippen molar-refractivity contribution in [2.45, 2.75) is 26.1 Å². The third kappa shape index (κ3) is 7.39. The molecule has 1 N–H and O–H groups in total. The van der Waals surface area contributed by atoms with Gasteiger partial charge in [0.25, 0.3) is 5.91 Å². The largest absolute Gasteiger partial charge is 0.482 e. The van der Waals surface area contributed by atoms with Crippen molar-refractivity contribution in [1.82, 2.24) is 10.2 Å². The monoisotopic (exact) mass is 504 g/mol. The number of benzene rings is 3. The molecule has 172 valence electrons. The Labute approximate surface area is 208 Å². The number of amides is 2. The van der Waals surface area contributed by atoms with E-state index in [9.17, 15) is 9.59 Å². The summed E-state index contributed by atoms with van der Waals surface area (Å²) in [6.07, 6.45) is 0. The van der Waals surface area contributed by atoms with Crippen molar-refractivity contribution in [1.29, 1.82) is 0 Å². The molecule has 0 saturated heterocycles. The van der Waals surface area contributed by atoms with Gasteiger partial charge in [-0.3, -0.25) is 9.59 Å². The molecule has 0 radical (unpaired) electrons. The van der Waals surface area contributed by atoms with E-state index in [2.05, 4.69) is 5.32 Å². The number of halogens is 3. The summed E-state index contributed by atoms with van der Waals surface area (Å²) in [7, 11) is 0. The maximum absolute atomic E-state index is 13.1. The number of ether oxygens (including phenoxy) is 1. The van der Waals surface area contributed by atoms with Crippen molar-refractivity contribution in [3.8, 4) is 5.75 Å². The lowest BCUT2D eigenvalue weighted by Crippen LogP contribution is -2.48. The molecule has 0 aromatic heterocycles. The normalized spacial score (nSPS) is 11.5. The third-order valence-electron chi connectivity index (χ3n) is 5.00. The van der Waals surface area contributed by atoms with Gasteiger partial charge in [-0.05, 0) is 54.4 Å². The summed E-state index contributed by atoms with van der Waals surface area (Å²) in [6, 6.07) is 20.5. The Morgan fingerprint density at radius 2 is 1.45 bits per heavy atom. The van der Waals surface area contributed by atoms with Gasteiger partial charge in [0.15, 0.2) is 6.61 Å². The SMILES string of the molecule is CC(C(=O)NCc1ccc(Cl)cc1)N(Cc1ccc(Cl)cc1)C(=O)COc1ccccc1Cl. The number of rotatable bonds is 9. The predicted octanol–water partition coefficient (Wildman–Crippen LogP) is 5.76. The molecule has 5 nitrogen and oxygen atoms in total. The van der Waals surface area contributed by atoms with Crippen LogP contribution in [0.1, 0.15) is 18.1 Å². The van der Waals surface area contributed by atoms with E-state index in [0.29, 0.717) is 27.4 Å². The molecule has 0 aliphatic carbocycles. The topological polar surface area (TPSA) is 58.6 Å². The predicted molar refractivity (Wildman–Crippen MR) is 132 cm³/mol. The van der Waals surface area contributed by atoms with Gasteiger partial charge in [-0.15, -0.1) is 0 Å². The van der Waals surface area contributed by atoms with Crippen LogP contribution in [0.4, 0.5) is 0 Å². The van der Waals surface area contributed by atoms with E-state index in [4.69, 9.17) is 39.5 Å². The second-order valence-electron chi connectivity index (χ2n) is 7.39. The number of hydrogen-bond acceptors (Lipinski definition) is 3. The molecule has 0 bridgehead atoms. The smallest absolute Gasteiger partial charge is 0.261 e. The van der Waals surface area contributed by atoms with Gasteiger partial charge < -0.3 is 15.0 Å². The van der Waals surface area contributed by atoms with Crippen LogP contribution in [0.3, 0.4) is 0 Å². The van der Waals surface area contributed by atoms with Gasteiger partial charge in [-0.25, -0.2) is 0 Å². The zero-order chi connectivity index (χ0) is 23.8. The number of carbonyl (C=O) groups is 2. The van der Waals surface area contributed by atoms with E-state index in [1.165, 1.54) is 4.90 Å². The van der Waals surface area contributed by atoms with Crippen molar-refractivity contribution >= 4 is 46.6 Å². The lowest BCUT2D eigenvalue weighted by molar-refractivity contribution is -0.142. The molecule has 0 saturated carbocycles. The highest BCUT2D eigenvalue weighted by atomic mass is 35.5. The first-order chi connectivity index (χ1) is 15.8. The van der Waals surface area contributed by atoms with Crippen molar-refractivity contribution in [3.63, 3.8) is 0 Å². The second-order valence-corrected chi connectivity index (χ2v) is 8.67. The molecule has 1 unspecified atom stereocenters. The van der Waals surface area contributed by atoms with Crippen molar-refractivity contribution in [2.75, 3.05) is 6.61 Å². The van der Waals surface area contributed by atoms with Crippen LogP contribution in [-0.4, -0.2) is 29.4 Å². The number of nitrogens with zero attached hydrogens (tertiary/aromatic N) is 1. The molecule has 2 amide bonds. The molecule has 0 heterocycles. The Bertz CT molecular complexity index is 1090. The Balaban J connectivity index is 1.70. The molecule has 3 aromatic rings. The molecule has 0 fully saturated rings. The summed E-state index contributed by atoms with van der Waals surface area (Å²) < 4.78 is 5.62. The fourth-order valence-electron chi connectivity index (χ4n) is 3.09. The average Bonchev–Trinajstić information content (AvgIpc) is 2.82. The number of carbonyl (C=O) groups excluding carboxylic acids is 2. The first-order valence-electron chi connectivity index (χ1n) is 10.3. The van der Waals surface area contributed by atoms with Crippen LogP contribution in [0.5, 0.6) is 5.75 Å². The molecule has 8 heteroatoms. The molecule has 33 heavy (non-hydrogen) atoms. The van der Waals surface area contributed by atoms with Gasteiger partial charge in [-0.2, -0.15) is 0 Å². The number of para-hydroxylation sites is 1. The van der Waals surface area contributed by atoms with Crippen molar-refractivity contribution < 1.29 is 14.3 Å². The molecule has 0 aliphatic heterocycles. The van der Waals surface area contributed by atoms with E-state index in [0.717, 1.165) is 11.1 Å². The quantitative estimate of drug-likeness (QED) is 0.402. The average molecular weight is 506 g/mol. The lowest BCUT2D eigenvalue weighted by Gasteiger charge is -2.29. The minimum Gasteiger partial charge on any atom is -0.482 e. The van der Waals surface area contributed by atoms with Crippen molar-refractivity contribution in [3.05, 3.63) is 99.0 Å². The van der Waals surface area contributed by atoms with Gasteiger partial charge in [0, 0.05) is 23.1 Å². The maximum Gasteiger partial charge on any atom is 0.261 e. The highest BCUT2D eigenvalue weighted by molar-refractivity contribution is 6.32. The van der Waals surface area contributed by atoms with Crippen LogP contribution in [0.15, 0.2) is 72.8 Å². The van der Waals surface area contributed by atoms with Crippen LogP contribution in [0, 0.1) is 0 Å².